The smallest absolute Gasteiger partial charge is 0.246 e. The topological polar surface area (TPSA) is 67.4 Å². The maximum absolute atomic E-state index is 11.5. The minimum Gasteiger partial charge on any atom is -0.458 e. The Labute approximate surface area is 162 Å². The standard InChI is InChI=1S/C19H38N2O3Si2/c1-15(2)18(22)20-12-9-11-17(5)25(6)24-26(7,8)14-10-13-21-19(23)16(3)4/h17,25H,1,3,9-14H2,2,4-8H3,(H,20,22)(H,21,23). The van der Waals surface area contributed by atoms with Crippen molar-refractivity contribution in [1.82, 2.24) is 10.6 Å². The van der Waals surface area contributed by atoms with Crippen molar-refractivity contribution in [2.75, 3.05) is 13.1 Å². The van der Waals surface area contributed by atoms with Gasteiger partial charge >= 0.3 is 0 Å². The molecule has 0 aliphatic carbocycles. The summed E-state index contributed by atoms with van der Waals surface area (Å²) in [6.45, 7) is 21.1. The number of amides is 2. The lowest BCUT2D eigenvalue weighted by Gasteiger charge is -2.30. The van der Waals surface area contributed by atoms with Gasteiger partial charge in [-0.1, -0.05) is 20.1 Å². The quantitative estimate of drug-likeness (QED) is 0.283. The van der Waals surface area contributed by atoms with Crippen molar-refractivity contribution in [3.63, 3.8) is 0 Å². The summed E-state index contributed by atoms with van der Waals surface area (Å²) < 4.78 is 6.52. The monoisotopic (exact) mass is 398 g/mol. The molecule has 0 spiro atoms. The highest BCUT2D eigenvalue weighted by molar-refractivity contribution is 6.78. The van der Waals surface area contributed by atoms with Crippen LogP contribution in [0.25, 0.3) is 0 Å². The molecule has 0 saturated heterocycles. The Morgan fingerprint density at radius 2 is 1.50 bits per heavy atom. The summed E-state index contributed by atoms with van der Waals surface area (Å²) in [4.78, 5) is 22.9. The molecule has 2 N–H and O–H groups in total. The second-order valence-electron chi connectivity index (χ2n) is 7.88. The lowest BCUT2D eigenvalue weighted by molar-refractivity contribution is -0.118. The zero-order valence-electron chi connectivity index (χ0n) is 17.5. The SMILES string of the molecule is C=C(C)C(=O)NCCCC(C)[SiH](C)O[Si](C)(C)CCCNC(=O)C(=C)C. The molecule has 0 saturated carbocycles. The van der Waals surface area contributed by atoms with Gasteiger partial charge in [0.05, 0.1) is 0 Å². The largest absolute Gasteiger partial charge is 0.458 e. The van der Waals surface area contributed by atoms with E-state index >= 15 is 0 Å². The van der Waals surface area contributed by atoms with Crippen molar-refractivity contribution in [1.29, 1.82) is 0 Å². The molecule has 0 aromatic carbocycles. The van der Waals surface area contributed by atoms with Gasteiger partial charge < -0.3 is 14.7 Å². The van der Waals surface area contributed by atoms with E-state index in [0.29, 0.717) is 29.8 Å². The number of nitrogens with one attached hydrogen (secondary N) is 2. The zero-order chi connectivity index (χ0) is 20.3. The fraction of sp³-hybridized carbons (Fsp3) is 0.684. The summed E-state index contributed by atoms with van der Waals surface area (Å²) in [5, 5.41) is 5.76. The van der Waals surface area contributed by atoms with E-state index in [1.807, 2.05) is 0 Å². The van der Waals surface area contributed by atoms with Crippen LogP contribution in [0.1, 0.15) is 40.0 Å². The molecule has 0 fully saturated rings. The lowest BCUT2D eigenvalue weighted by Crippen LogP contribution is -2.39. The number of hydrogen-bond acceptors (Lipinski definition) is 3. The van der Waals surface area contributed by atoms with E-state index in [2.05, 4.69) is 50.4 Å². The van der Waals surface area contributed by atoms with E-state index in [0.717, 1.165) is 25.3 Å². The average Bonchev–Trinajstić information content (AvgIpc) is 2.54. The highest BCUT2D eigenvalue weighted by Gasteiger charge is 2.27. The van der Waals surface area contributed by atoms with Crippen molar-refractivity contribution in [2.24, 2.45) is 0 Å². The van der Waals surface area contributed by atoms with Crippen LogP contribution in [-0.4, -0.2) is 42.3 Å². The molecular weight excluding hydrogens is 360 g/mol. The Bertz CT molecular complexity index is 507. The van der Waals surface area contributed by atoms with Gasteiger partial charge in [-0.25, -0.2) is 0 Å². The second-order valence-corrected chi connectivity index (χ2v) is 15.4. The molecule has 0 aromatic heterocycles. The molecule has 0 bridgehead atoms. The van der Waals surface area contributed by atoms with Crippen LogP contribution in [-0.2, 0) is 13.7 Å². The summed E-state index contributed by atoms with van der Waals surface area (Å²) >= 11 is 0. The first-order valence-electron chi connectivity index (χ1n) is 9.51. The molecule has 26 heavy (non-hydrogen) atoms. The van der Waals surface area contributed by atoms with Crippen LogP contribution in [0.3, 0.4) is 0 Å². The van der Waals surface area contributed by atoms with Gasteiger partial charge in [0.25, 0.3) is 0 Å². The van der Waals surface area contributed by atoms with Gasteiger partial charge in [0, 0.05) is 24.2 Å². The molecule has 2 amide bonds. The van der Waals surface area contributed by atoms with Gasteiger partial charge in [-0.2, -0.15) is 0 Å². The van der Waals surface area contributed by atoms with Crippen LogP contribution in [0.15, 0.2) is 24.3 Å². The average molecular weight is 399 g/mol. The fourth-order valence-electron chi connectivity index (χ4n) is 2.56. The van der Waals surface area contributed by atoms with Crippen LogP contribution in [0.5, 0.6) is 0 Å². The van der Waals surface area contributed by atoms with Crippen molar-refractivity contribution >= 4 is 29.2 Å². The summed E-state index contributed by atoms with van der Waals surface area (Å²) in [6.07, 6.45) is 2.99. The molecule has 5 nitrogen and oxygen atoms in total. The summed E-state index contributed by atoms with van der Waals surface area (Å²) in [5.41, 5.74) is 1.68. The van der Waals surface area contributed by atoms with Crippen LogP contribution in [0.2, 0.25) is 31.2 Å². The second kappa shape index (κ2) is 12.2. The third-order valence-corrected chi connectivity index (χ3v) is 12.0. The van der Waals surface area contributed by atoms with Crippen molar-refractivity contribution < 1.29 is 13.7 Å². The van der Waals surface area contributed by atoms with Crippen molar-refractivity contribution in [3.05, 3.63) is 24.3 Å². The molecule has 2 unspecified atom stereocenters. The maximum atomic E-state index is 11.5. The number of rotatable bonds is 13. The molecule has 0 aliphatic rings. The number of carbonyl (C=O) groups is 2. The van der Waals surface area contributed by atoms with Gasteiger partial charge in [-0.05, 0) is 64.3 Å². The van der Waals surface area contributed by atoms with E-state index in [9.17, 15) is 9.59 Å². The Kier molecular flexibility index (Phi) is 11.7. The first-order valence-corrected chi connectivity index (χ1v) is 14.9. The van der Waals surface area contributed by atoms with E-state index in [1.54, 1.807) is 13.8 Å². The zero-order valence-corrected chi connectivity index (χ0v) is 19.7. The first kappa shape index (κ1) is 24.8. The highest BCUT2D eigenvalue weighted by Crippen LogP contribution is 2.23. The molecular formula is C19H38N2O3Si2. The van der Waals surface area contributed by atoms with Crippen LogP contribution < -0.4 is 10.6 Å². The summed E-state index contributed by atoms with van der Waals surface area (Å²) in [7, 11) is -2.97. The van der Waals surface area contributed by atoms with Crippen LogP contribution >= 0.6 is 0 Å². The Morgan fingerprint density at radius 3 is 1.96 bits per heavy atom. The molecule has 7 heteroatoms. The minimum atomic E-state index is -1.70. The Morgan fingerprint density at radius 1 is 1.04 bits per heavy atom. The van der Waals surface area contributed by atoms with E-state index in [1.165, 1.54) is 0 Å². The Hall–Kier alpha value is -1.19. The molecule has 0 rings (SSSR count). The Balaban J connectivity index is 4.07. The number of carbonyl (C=O) groups excluding carboxylic acids is 2. The third-order valence-electron chi connectivity index (χ3n) is 4.44. The molecule has 0 aromatic rings. The third kappa shape index (κ3) is 11.4. The lowest BCUT2D eigenvalue weighted by atomic mass is 10.2. The minimum absolute atomic E-state index is 0.0634. The number of hydrogen-bond donors (Lipinski definition) is 2. The molecule has 0 radical (unpaired) electrons. The highest BCUT2D eigenvalue weighted by atomic mass is 28.4. The fourth-order valence-corrected chi connectivity index (χ4v) is 9.72. The van der Waals surface area contributed by atoms with E-state index in [-0.39, 0.29) is 11.8 Å². The van der Waals surface area contributed by atoms with Crippen molar-refractivity contribution in [2.45, 2.75) is 71.3 Å². The molecule has 150 valence electrons. The molecule has 2 atom stereocenters. The summed E-state index contributed by atoms with van der Waals surface area (Å²) in [5.74, 6) is -0.132. The predicted molar refractivity (Wildman–Crippen MR) is 115 cm³/mol. The van der Waals surface area contributed by atoms with E-state index < -0.39 is 17.4 Å². The first-order chi connectivity index (χ1) is 12.0. The van der Waals surface area contributed by atoms with E-state index in [4.69, 9.17) is 4.12 Å². The molecule has 0 aliphatic heterocycles. The van der Waals surface area contributed by atoms with Crippen LogP contribution in [0.4, 0.5) is 0 Å². The molecule has 0 heterocycles. The van der Waals surface area contributed by atoms with Gasteiger partial charge in [0.1, 0.15) is 0 Å². The maximum Gasteiger partial charge on any atom is 0.246 e. The predicted octanol–water partition coefficient (Wildman–Crippen LogP) is 3.51. The van der Waals surface area contributed by atoms with Crippen molar-refractivity contribution in [3.8, 4) is 0 Å². The normalized spacial score (nSPS) is 13.6. The van der Waals surface area contributed by atoms with Gasteiger partial charge in [-0.15, -0.1) is 0 Å². The van der Waals surface area contributed by atoms with Gasteiger partial charge in [0.15, 0.2) is 17.4 Å². The summed E-state index contributed by atoms with van der Waals surface area (Å²) in [6, 6.07) is 1.04. The van der Waals surface area contributed by atoms with Gasteiger partial charge in [0.2, 0.25) is 11.8 Å². The van der Waals surface area contributed by atoms with Crippen LogP contribution in [0, 0.1) is 0 Å². The van der Waals surface area contributed by atoms with Gasteiger partial charge in [-0.3, -0.25) is 9.59 Å².